The van der Waals surface area contributed by atoms with Gasteiger partial charge in [-0.3, -0.25) is 0 Å². The van der Waals surface area contributed by atoms with Crippen molar-refractivity contribution >= 4 is 0 Å². The molecule has 1 aliphatic heterocycles. The number of hydrogen-bond acceptors (Lipinski definition) is 2. The first kappa shape index (κ1) is 21.2. The first-order chi connectivity index (χ1) is 8.95. The van der Waals surface area contributed by atoms with E-state index in [1.54, 1.807) is 0 Å². The molecular formula is C17H40N2. The Bertz CT molecular complexity index is 170. The summed E-state index contributed by atoms with van der Waals surface area (Å²) in [6.45, 7) is 21.6. The number of piperazine rings is 1. The minimum Gasteiger partial charge on any atom is -0.304 e. The highest BCUT2D eigenvalue weighted by Crippen LogP contribution is 2.23. The Kier molecular flexibility index (Phi) is 14.4. The van der Waals surface area contributed by atoms with Crippen molar-refractivity contribution in [2.24, 2.45) is 5.41 Å². The summed E-state index contributed by atoms with van der Waals surface area (Å²) < 4.78 is 0. The topological polar surface area (TPSA) is 6.48 Å². The molecule has 1 saturated heterocycles. The van der Waals surface area contributed by atoms with Gasteiger partial charge in [0.15, 0.2) is 0 Å². The second-order valence-electron chi connectivity index (χ2n) is 6.20. The maximum absolute atomic E-state index is 2.62. The Morgan fingerprint density at radius 1 is 0.895 bits per heavy atom. The van der Waals surface area contributed by atoms with Gasteiger partial charge in [0.1, 0.15) is 0 Å². The molecule has 0 saturated carbocycles. The summed E-state index contributed by atoms with van der Waals surface area (Å²) in [7, 11) is 2.22. The lowest BCUT2D eigenvalue weighted by Crippen LogP contribution is -2.47. The normalized spacial score (nSPS) is 17.1. The Labute approximate surface area is 123 Å². The van der Waals surface area contributed by atoms with Crippen LogP contribution in [0.1, 0.15) is 67.7 Å². The Balaban J connectivity index is 0. The van der Waals surface area contributed by atoms with E-state index in [4.69, 9.17) is 0 Å². The number of likely N-dealkylation sites (N-methyl/N-ethyl adjacent to an activating group) is 1. The van der Waals surface area contributed by atoms with E-state index in [9.17, 15) is 0 Å². The van der Waals surface area contributed by atoms with E-state index in [-0.39, 0.29) is 0 Å². The standard InChI is InChI=1S/C12H26N2.C3H8.C2H6/c1-5-6-12(2,3)11-14-9-7-13(4)8-10-14;1-3-2;1-2/h5-11H2,1-4H3;3H2,1-2H3;1-2H3. The van der Waals surface area contributed by atoms with Gasteiger partial charge in [0.25, 0.3) is 0 Å². The molecule has 0 unspecified atom stereocenters. The van der Waals surface area contributed by atoms with E-state index in [2.05, 4.69) is 51.5 Å². The molecule has 0 bridgehead atoms. The molecule has 118 valence electrons. The molecule has 1 fully saturated rings. The SMILES string of the molecule is CC.CCC.CCCC(C)(C)CN1CCN(C)CC1. The second kappa shape index (κ2) is 12.9. The van der Waals surface area contributed by atoms with E-state index in [0.29, 0.717) is 5.41 Å². The zero-order valence-corrected chi connectivity index (χ0v) is 15.1. The van der Waals surface area contributed by atoms with E-state index in [1.165, 1.54) is 52.0 Å². The lowest BCUT2D eigenvalue weighted by molar-refractivity contribution is 0.106. The average molecular weight is 273 g/mol. The molecule has 19 heavy (non-hydrogen) atoms. The average Bonchev–Trinajstić information content (AvgIpc) is 2.35. The highest BCUT2D eigenvalue weighted by atomic mass is 15.2. The summed E-state index contributed by atoms with van der Waals surface area (Å²) >= 11 is 0. The lowest BCUT2D eigenvalue weighted by atomic mass is 9.87. The van der Waals surface area contributed by atoms with Crippen molar-refractivity contribution < 1.29 is 0 Å². The second-order valence-corrected chi connectivity index (χ2v) is 6.20. The van der Waals surface area contributed by atoms with Crippen LogP contribution in [0.5, 0.6) is 0 Å². The molecule has 0 aromatic carbocycles. The molecule has 0 aliphatic carbocycles. The molecule has 0 spiro atoms. The monoisotopic (exact) mass is 272 g/mol. The van der Waals surface area contributed by atoms with Gasteiger partial charge >= 0.3 is 0 Å². The van der Waals surface area contributed by atoms with Crippen LogP contribution in [-0.2, 0) is 0 Å². The molecule has 0 N–H and O–H groups in total. The molecule has 1 heterocycles. The van der Waals surface area contributed by atoms with E-state index in [0.717, 1.165) is 0 Å². The molecule has 0 radical (unpaired) electrons. The van der Waals surface area contributed by atoms with Gasteiger partial charge in [0.2, 0.25) is 0 Å². The number of rotatable bonds is 4. The fraction of sp³-hybridized carbons (Fsp3) is 1.00. The van der Waals surface area contributed by atoms with E-state index >= 15 is 0 Å². The maximum Gasteiger partial charge on any atom is 0.0110 e. The maximum atomic E-state index is 2.62. The van der Waals surface area contributed by atoms with Gasteiger partial charge in [-0.05, 0) is 18.9 Å². The minimum absolute atomic E-state index is 0.505. The molecular weight excluding hydrogens is 232 g/mol. The minimum atomic E-state index is 0.505. The van der Waals surface area contributed by atoms with Crippen molar-refractivity contribution in [1.29, 1.82) is 0 Å². The third kappa shape index (κ3) is 12.7. The number of hydrogen-bond donors (Lipinski definition) is 0. The highest BCUT2D eigenvalue weighted by Gasteiger charge is 2.22. The first-order valence-corrected chi connectivity index (χ1v) is 8.36. The third-order valence-corrected chi connectivity index (χ3v) is 3.17. The molecule has 0 aromatic heterocycles. The van der Waals surface area contributed by atoms with Crippen LogP contribution in [0, 0.1) is 5.41 Å². The van der Waals surface area contributed by atoms with Crippen LogP contribution in [-0.4, -0.2) is 49.6 Å². The van der Waals surface area contributed by atoms with Gasteiger partial charge < -0.3 is 9.80 Å². The van der Waals surface area contributed by atoms with E-state index in [1.807, 2.05) is 13.8 Å². The largest absolute Gasteiger partial charge is 0.304 e. The van der Waals surface area contributed by atoms with Crippen LogP contribution in [0.3, 0.4) is 0 Å². The lowest BCUT2D eigenvalue weighted by Gasteiger charge is -2.37. The fourth-order valence-corrected chi connectivity index (χ4v) is 2.37. The van der Waals surface area contributed by atoms with Gasteiger partial charge in [-0.15, -0.1) is 0 Å². The van der Waals surface area contributed by atoms with Crippen LogP contribution in [0.15, 0.2) is 0 Å². The van der Waals surface area contributed by atoms with Crippen molar-refractivity contribution in [2.75, 3.05) is 39.8 Å². The summed E-state index contributed by atoms with van der Waals surface area (Å²) in [5, 5.41) is 0. The first-order valence-electron chi connectivity index (χ1n) is 8.36. The van der Waals surface area contributed by atoms with Crippen LogP contribution < -0.4 is 0 Å². The molecule has 0 amide bonds. The van der Waals surface area contributed by atoms with Crippen molar-refractivity contribution in [1.82, 2.24) is 9.80 Å². The third-order valence-electron chi connectivity index (χ3n) is 3.17. The van der Waals surface area contributed by atoms with Crippen molar-refractivity contribution in [3.63, 3.8) is 0 Å². The summed E-state index contributed by atoms with van der Waals surface area (Å²) in [5.41, 5.74) is 0.505. The van der Waals surface area contributed by atoms with Gasteiger partial charge in [-0.1, -0.05) is 61.3 Å². The number of nitrogens with zero attached hydrogens (tertiary/aromatic N) is 2. The van der Waals surface area contributed by atoms with Gasteiger partial charge in [-0.2, -0.15) is 0 Å². The highest BCUT2D eigenvalue weighted by molar-refractivity contribution is 4.77. The van der Waals surface area contributed by atoms with Crippen molar-refractivity contribution in [3.05, 3.63) is 0 Å². The summed E-state index contributed by atoms with van der Waals surface area (Å²) in [4.78, 5) is 5.04. The molecule has 2 nitrogen and oxygen atoms in total. The van der Waals surface area contributed by atoms with Gasteiger partial charge in [0, 0.05) is 32.7 Å². The fourth-order valence-electron chi connectivity index (χ4n) is 2.37. The Hall–Kier alpha value is -0.0800. The van der Waals surface area contributed by atoms with Gasteiger partial charge in [0.05, 0.1) is 0 Å². The zero-order valence-electron chi connectivity index (χ0n) is 15.1. The van der Waals surface area contributed by atoms with Crippen LogP contribution in [0.25, 0.3) is 0 Å². The van der Waals surface area contributed by atoms with Crippen LogP contribution in [0.2, 0.25) is 0 Å². The Morgan fingerprint density at radius 2 is 1.32 bits per heavy atom. The molecule has 1 rings (SSSR count). The summed E-state index contributed by atoms with van der Waals surface area (Å²) in [6.07, 6.45) is 3.90. The molecule has 0 atom stereocenters. The summed E-state index contributed by atoms with van der Waals surface area (Å²) in [5.74, 6) is 0. The van der Waals surface area contributed by atoms with Crippen LogP contribution in [0.4, 0.5) is 0 Å². The van der Waals surface area contributed by atoms with Crippen molar-refractivity contribution in [2.45, 2.75) is 67.7 Å². The Morgan fingerprint density at radius 3 is 1.68 bits per heavy atom. The predicted molar refractivity (Wildman–Crippen MR) is 89.9 cm³/mol. The molecule has 2 heteroatoms. The van der Waals surface area contributed by atoms with Gasteiger partial charge in [-0.25, -0.2) is 0 Å². The van der Waals surface area contributed by atoms with Crippen LogP contribution >= 0.6 is 0 Å². The molecule has 1 aliphatic rings. The summed E-state index contributed by atoms with van der Waals surface area (Å²) in [6, 6.07) is 0. The zero-order chi connectivity index (χ0) is 15.3. The predicted octanol–water partition coefficient (Wildman–Crippen LogP) is 4.50. The quantitative estimate of drug-likeness (QED) is 0.743. The molecule has 0 aromatic rings. The van der Waals surface area contributed by atoms with Crippen molar-refractivity contribution in [3.8, 4) is 0 Å². The smallest absolute Gasteiger partial charge is 0.0110 e. The van der Waals surface area contributed by atoms with E-state index < -0.39 is 0 Å².